The van der Waals surface area contributed by atoms with Crippen LogP contribution in [0.2, 0.25) is 5.02 Å². The van der Waals surface area contributed by atoms with Gasteiger partial charge in [-0.1, -0.05) is 48.0 Å². The maximum absolute atomic E-state index is 12.7. The van der Waals surface area contributed by atoms with Crippen LogP contribution < -0.4 is 10.1 Å². The van der Waals surface area contributed by atoms with Crippen molar-refractivity contribution in [2.24, 2.45) is 0 Å². The summed E-state index contributed by atoms with van der Waals surface area (Å²) in [5.41, 5.74) is 0.626. The summed E-state index contributed by atoms with van der Waals surface area (Å²) in [5.74, 6) is -0.0704. The molecule has 146 valence electrons. The number of halogens is 1. The van der Waals surface area contributed by atoms with Gasteiger partial charge in [-0.3, -0.25) is 4.79 Å². The van der Waals surface area contributed by atoms with Crippen LogP contribution in [0.25, 0.3) is 10.8 Å². The van der Waals surface area contributed by atoms with E-state index in [-0.39, 0.29) is 16.5 Å². The smallest absolute Gasteiger partial charge is 0.243 e. The molecule has 0 bridgehead atoms. The first-order valence-electron chi connectivity index (χ1n) is 8.40. The molecule has 0 aliphatic heterocycles. The van der Waals surface area contributed by atoms with E-state index in [4.69, 9.17) is 16.3 Å². The highest BCUT2D eigenvalue weighted by molar-refractivity contribution is 7.89. The number of methoxy groups -OCH3 is 1. The van der Waals surface area contributed by atoms with Crippen molar-refractivity contribution in [2.45, 2.75) is 4.90 Å². The van der Waals surface area contributed by atoms with Crippen LogP contribution in [-0.2, 0) is 14.8 Å². The van der Waals surface area contributed by atoms with Crippen molar-refractivity contribution in [3.8, 4) is 5.75 Å². The number of nitrogens with one attached hydrogen (secondary N) is 1. The third kappa shape index (κ3) is 4.11. The molecule has 0 fully saturated rings. The maximum Gasteiger partial charge on any atom is 0.243 e. The fraction of sp³-hybridized carbons (Fsp3) is 0.150. The van der Waals surface area contributed by atoms with E-state index in [0.717, 1.165) is 15.1 Å². The molecule has 1 N–H and O–H groups in total. The number of likely N-dealkylation sites (N-methyl/N-ethyl adjacent to an activating group) is 1. The van der Waals surface area contributed by atoms with Gasteiger partial charge in [0.05, 0.1) is 23.6 Å². The number of amides is 1. The number of carbonyl (C=O) groups excluding carboxylic acids is 1. The van der Waals surface area contributed by atoms with Crippen LogP contribution in [0.15, 0.2) is 65.6 Å². The second-order valence-corrected chi connectivity index (χ2v) is 8.58. The van der Waals surface area contributed by atoms with E-state index in [2.05, 4.69) is 5.32 Å². The highest BCUT2D eigenvalue weighted by Crippen LogP contribution is 2.28. The van der Waals surface area contributed by atoms with E-state index in [9.17, 15) is 13.2 Å². The third-order valence-electron chi connectivity index (χ3n) is 4.26. The number of anilines is 1. The Morgan fingerprint density at radius 2 is 1.82 bits per heavy atom. The largest absolute Gasteiger partial charge is 0.495 e. The minimum Gasteiger partial charge on any atom is -0.495 e. The van der Waals surface area contributed by atoms with E-state index in [1.54, 1.807) is 6.07 Å². The Hall–Kier alpha value is -2.61. The van der Waals surface area contributed by atoms with E-state index in [0.29, 0.717) is 11.4 Å². The molecule has 0 atom stereocenters. The molecule has 8 heteroatoms. The zero-order chi connectivity index (χ0) is 20.3. The number of benzene rings is 3. The fourth-order valence-electron chi connectivity index (χ4n) is 2.80. The Morgan fingerprint density at radius 1 is 1.11 bits per heavy atom. The van der Waals surface area contributed by atoms with Gasteiger partial charge in [-0.2, -0.15) is 4.31 Å². The van der Waals surface area contributed by atoms with Gasteiger partial charge in [0.2, 0.25) is 15.9 Å². The Labute approximate surface area is 168 Å². The van der Waals surface area contributed by atoms with E-state index >= 15 is 0 Å². The second-order valence-electron chi connectivity index (χ2n) is 6.13. The molecule has 0 spiro atoms. The molecule has 3 aromatic rings. The number of hydrogen-bond acceptors (Lipinski definition) is 4. The molecule has 0 aliphatic rings. The molecule has 0 aromatic heterocycles. The van der Waals surface area contributed by atoms with Gasteiger partial charge in [-0.15, -0.1) is 0 Å². The van der Waals surface area contributed by atoms with Crippen LogP contribution in [0.3, 0.4) is 0 Å². The Bertz CT molecular complexity index is 1130. The van der Waals surface area contributed by atoms with Crippen LogP contribution >= 0.6 is 11.6 Å². The molecule has 3 rings (SSSR count). The lowest BCUT2D eigenvalue weighted by Gasteiger charge is -2.18. The zero-order valence-electron chi connectivity index (χ0n) is 15.3. The van der Waals surface area contributed by atoms with Crippen molar-refractivity contribution in [1.29, 1.82) is 0 Å². The minimum absolute atomic E-state index is 0.0150. The van der Waals surface area contributed by atoms with Crippen LogP contribution in [0.5, 0.6) is 5.75 Å². The summed E-state index contributed by atoms with van der Waals surface area (Å²) in [6.07, 6.45) is 0. The van der Waals surface area contributed by atoms with Gasteiger partial charge in [-0.05, 0) is 29.7 Å². The highest BCUT2D eigenvalue weighted by Gasteiger charge is 2.24. The Balaban J connectivity index is 1.77. The standard InChI is InChI=1S/C20H19ClN2O4S/c1-23(28(25,26)15-10-11-19(27-2)17(21)12-15)13-20(24)22-18-9-5-7-14-6-3-4-8-16(14)18/h3-12H,13H2,1-2H3,(H,22,24). The van der Waals surface area contributed by atoms with Gasteiger partial charge in [0.25, 0.3) is 0 Å². The summed E-state index contributed by atoms with van der Waals surface area (Å²) in [5, 5.41) is 4.82. The molecular weight excluding hydrogens is 400 g/mol. The molecule has 0 saturated heterocycles. The molecule has 3 aromatic carbocycles. The predicted molar refractivity (Wildman–Crippen MR) is 110 cm³/mol. The first-order chi connectivity index (χ1) is 13.3. The average molecular weight is 419 g/mol. The fourth-order valence-corrected chi connectivity index (χ4v) is 4.28. The average Bonchev–Trinajstić information content (AvgIpc) is 2.68. The number of fused-ring (bicyclic) bond motifs is 1. The van der Waals surface area contributed by atoms with Gasteiger partial charge >= 0.3 is 0 Å². The molecule has 0 radical (unpaired) electrons. The van der Waals surface area contributed by atoms with Crippen molar-refractivity contribution in [3.63, 3.8) is 0 Å². The number of ether oxygens (including phenoxy) is 1. The first-order valence-corrected chi connectivity index (χ1v) is 10.2. The van der Waals surface area contributed by atoms with Crippen LogP contribution in [0.1, 0.15) is 0 Å². The SMILES string of the molecule is COc1ccc(S(=O)(=O)N(C)CC(=O)Nc2cccc3ccccc23)cc1Cl. The van der Waals surface area contributed by atoms with Crippen molar-refractivity contribution in [3.05, 3.63) is 65.7 Å². The lowest BCUT2D eigenvalue weighted by atomic mass is 10.1. The van der Waals surface area contributed by atoms with Gasteiger partial charge in [0, 0.05) is 18.1 Å². The van der Waals surface area contributed by atoms with E-state index in [1.165, 1.54) is 32.4 Å². The molecule has 6 nitrogen and oxygen atoms in total. The van der Waals surface area contributed by atoms with Crippen LogP contribution in [0.4, 0.5) is 5.69 Å². The summed E-state index contributed by atoms with van der Waals surface area (Å²) in [6, 6.07) is 17.3. The monoisotopic (exact) mass is 418 g/mol. The van der Waals surface area contributed by atoms with Gasteiger partial charge < -0.3 is 10.1 Å². The molecule has 1 amide bonds. The zero-order valence-corrected chi connectivity index (χ0v) is 16.9. The number of rotatable bonds is 6. The summed E-state index contributed by atoms with van der Waals surface area (Å²) < 4.78 is 31.5. The highest BCUT2D eigenvalue weighted by atomic mass is 35.5. The molecule has 0 saturated carbocycles. The summed E-state index contributed by atoms with van der Waals surface area (Å²) in [7, 11) is -1.10. The normalized spacial score (nSPS) is 11.6. The maximum atomic E-state index is 12.7. The molecule has 0 aliphatic carbocycles. The quantitative estimate of drug-likeness (QED) is 0.661. The molecule has 28 heavy (non-hydrogen) atoms. The summed E-state index contributed by atoms with van der Waals surface area (Å²) >= 11 is 6.02. The molecule has 0 unspecified atom stereocenters. The third-order valence-corrected chi connectivity index (χ3v) is 6.36. The Morgan fingerprint density at radius 3 is 2.54 bits per heavy atom. The summed E-state index contributed by atoms with van der Waals surface area (Å²) in [4.78, 5) is 12.4. The number of hydrogen-bond donors (Lipinski definition) is 1. The topological polar surface area (TPSA) is 75.7 Å². The van der Waals surface area contributed by atoms with Crippen molar-refractivity contribution in [1.82, 2.24) is 4.31 Å². The number of sulfonamides is 1. The van der Waals surface area contributed by atoms with Crippen molar-refractivity contribution in [2.75, 3.05) is 26.0 Å². The molecular formula is C20H19ClN2O4S. The van der Waals surface area contributed by atoms with E-state index in [1.807, 2.05) is 36.4 Å². The lowest BCUT2D eigenvalue weighted by Crippen LogP contribution is -2.35. The molecule has 0 heterocycles. The van der Waals surface area contributed by atoms with Gasteiger partial charge in [0.1, 0.15) is 5.75 Å². The Kier molecular flexibility index (Phi) is 5.88. The van der Waals surface area contributed by atoms with Crippen molar-refractivity contribution >= 4 is 44.0 Å². The van der Waals surface area contributed by atoms with Crippen molar-refractivity contribution < 1.29 is 17.9 Å². The van der Waals surface area contributed by atoms with Crippen LogP contribution in [0, 0.1) is 0 Å². The predicted octanol–water partition coefficient (Wildman–Crippen LogP) is 3.76. The second kappa shape index (κ2) is 8.18. The lowest BCUT2D eigenvalue weighted by molar-refractivity contribution is -0.116. The number of carbonyl (C=O) groups is 1. The minimum atomic E-state index is -3.88. The van der Waals surface area contributed by atoms with Gasteiger partial charge in [-0.25, -0.2) is 8.42 Å². The number of nitrogens with zero attached hydrogens (tertiary/aromatic N) is 1. The summed E-state index contributed by atoms with van der Waals surface area (Å²) in [6.45, 7) is -0.338. The van der Waals surface area contributed by atoms with Gasteiger partial charge in [0.15, 0.2) is 0 Å². The first kappa shape index (κ1) is 20.1. The van der Waals surface area contributed by atoms with E-state index < -0.39 is 15.9 Å². The van der Waals surface area contributed by atoms with Crippen LogP contribution in [-0.4, -0.2) is 39.3 Å².